The molecule has 4 aromatic rings. The lowest BCUT2D eigenvalue weighted by Gasteiger charge is -2.12. The number of ether oxygens (including phenoxy) is 1. The highest BCUT2D eigenvalue weighted by Crippen LogP contribution is 2.25. The number of hydrogen-bond acceptors (Lipinski definition) is 6. The number of aryl methyl sites for hydroxylation is 3. The van der Waals surface area contributed by atoms with E-state index in [1.165, 1.54) is 0 Å². The minimum absolute atomic E-state index is 0.260. The molecule has 0 radical (unpaired) electrons. The summed E-state index contributed by atoms with van der Waals surface area (Å²) in [7, 11) is -3.70. The molecule has 0 spiro atoms. The molecule has 0 amide bonds. The minimum atomic E-state index is -3.70. The molecule has 2 heterocycles. The van der Waals surface area contributed by atoms with Crippen molar-refractivity contribution in [3.63, 3.8) is 0 Å². The van der Waals surface area contributed by atoms with Crippen molar-refractivity contribution >= 4 is 15.7 Å². The Morgan fingerprint density at radius 3 is 2.45 bits per heavy atom. The standard InChI is InChI=1S/C22H21N5O3S/c1-15-5-6-16(2)20(13-15)31(28,29)26-18-7-9-19(10-8-18)30-22-14-21(24-17(3)25-22)27-12-4-11-23-27/h4-14,26H,1-3H3. The Kier molecular flexibility index (Phi) is 5.43. The van der Waals surface area contributed by atoms with Gasteiger partial charge < -0.3 is 4.74 Å². The third-order valence-corrected chi connectivity index (χ3v) is 6.03. The first-order chi connectivity index (χ1) is 14.8. The number of benzene rings is 2. The predicted octanol–water partition coefficient (Wildman–Crippen LogP) is 4.18. The van der Waals surface area contributed by atoms with Gasteiger partial charge in [0.15, 0.2) is 5.82 Å². The smallest absolute Gasteiger partial charge is 0.262 e. The van der Waals surface area contributed by atoms with E-state index in [9.17, 15) is 8.42 Å². The predicted molar refractivity (Wildman–Crippen MR) is 117 cm³/mol. The van der Waals surface area contributed by atoms with Gasteiger partial charge in [0.25, 0.3) is 10.0 Å². The van der Waals surface area contributed by atoms with Crippen molar-refractivity contribution in [1.82, 2.24) is 19.7 Å². The molecule has 0 atom stereocenters. The second-order valence-corrected chi connectivity index (χ2v) is 8.71. The molecule has 4 rings (SSSR count). The van der Waals surface area contributed by atoms with E-state index >= 15 is 0 Å². The number of aromatic nitrogens is 4. The van der Waals surface area contributed by atoms with E-state index in [1.807, 2.05) is 13.0 Å². The molecular weight excluding hydrogens is 414 g/mol. The molecule has 0 unspecified atom stereocenters. The molecular formula is C22H21N5O3S. The largest absolute Gasteiger partial charge is 0.439 e. The van der Waals surface area contributed by atoms with Gasteiger partial charge in [-0.3, -0.25) is 4.72 Å². The summed E-state index contributed by atoms with van der Waals surface area (Å²) in [5.74, 6) is 2.01. The molecule has 0 aliphatic rings. The minimum Gasteiger partial charge on any atom is -0.439 e. The second kappa shape index (κ2) is 8.19. The molecule has 31 heavy (non-hydrogen) atoms. The zero-order valence-electron chi connectivity index (χ0n) is 17.3. The van der Waals surface area contributed by atoms with Crippen molar-refractivity contribution in [2.24, 2.45) is 0 Å². The molecule has 0 saturated heterocycles. The zero-order valence-corrected chi connectivity index (χ0v) is 18.1. The fourth-order valence-electron chi connectivity index (χ4n) is 3.02. The Morgan fingerprint density at radius 1 is 0.968 bits per heavy atom. The van der Waals surface area contributed by atoms with Gasteiger partial charge in [-0.15, -0.1) is 0 Å². The maximum atomic E-state index is 12.8. The molecule has 1 N–H and O–H groups in total. The highest BCUT2D eigenvalue weighted by molar-refractivity contribution is 7.92. The van der Waals surface area contributed by atoms with Crippen molar-refractivity contribution < 1.29 is 13.2 Å². The number of anilines is 1. The maximum Gasteiger partial charge on any atom is 0.262 e. The van der Waals surface area contributed by atoms with Gasteiger partial charge in [0.2, 0.25) is 5.88 Å². The van der Waals surface area contributed by atoms with Gasteiger partial charge in [-0.1, -0.05) is 12.1 Å². The SMILES string of the molecule is Cc1ccc(C)c(S(=O)(=O)Nc2ccc(Oc3cc(-n4cccn4)nc(C)n3)cc2)c1. The summed E-state index contributed by atoms with van der Waals surface area (Å²) >= 11 is 0. The number of nitrogens with zero attached hydrogens (tertiary/aromatic N) is 4. The maximum absolute atomic E-state index is 12.8. The average molecular weight is 436 g/mol. The van der Waals surface area contributed by atoms with Crippen molar-refractivity contribution in [2.45, 2.75) is 25.7 Å². The van der Waals surface area contributed by atoms with E-state index in [4.69, 9.17) is 4.74 Å². The van der Waals surface area contributed by atoms with Gasteiger partial charge in [-0.25, -0.2) is 18.1 Å². The van der Waals surface area contributed by atoms with Crippen LogP contribution in [0.4, 0.5) is 5.69 Å². The molecule has 0 bridgehead atoms. The first kappa shape index (κ1) is 20.5. The van der Waals surface area contributed by atoms with Crippen LogP contribution in [0, 0.1) is 20.8 Å². The van der Waals surface area contributed by atoms with E-state index in [1.54, 1.807) is 79.5 Å². The summed E-state index contributed by atoms with van der Waals surface area (Å²) in [5.41, 5.74) is 2.00. The third kappa shape index (κ3) is 4.72. The Bertz CT molecular complexity index is 1320. The van der Waals surface area contributed by atoms with Gasteiger partial charge in [0.05, 0.1) is 4.90 Å². The third-order valence-electron chi connectivity index (χ3n) is 4.50. The van der Waals surface area contributed by atoms with Gasteiger partial charge in [0.1, 0.15) is 11.6 Å². The Balaban J connectivity index is 1.52. The van der Waals surface area contributed by atoms with Gasteiger partial charge in [-0.2, -0.15) is 10.1 Å². The van der Waals surface area contributed by atoms with E-state index in [-0.39, 0.29) is 4.90 Å². The lowest BCUT2D eigenvalue weighted by molar-refractivity contribution is 0.459. The topological polar surface area (TPSA) is 99.0 Å². The van der Waals surface area contributed by atoms with Crippen molar-refractivity contribution in [3.05, 3.63) is 83.9 Å². The van der Waals surface area contributed by atoms with Crippen LogP contribution in [-0.4, -0.2) is 28.2 Å². The van der Waals surface area contributed by atoms with Crippen molar-refractivity contribution in [1.29, 1.82) is 0 Å². The molecule has 0 fully saturated rings. The van der Waals surface area contributed by atoms with Gasteiger partial charge >= 0.3 is 0 Å². The molecule has 2 aromatic carbocycles. The Labute approximate surface area is 180 Å². The highest BCUT2D eigenvalue weighted by atomic mass is 32.2. The van der Waals surface area contributed by atoms with Gasteiger partial charge in [0, 0.05) is 24.1 Å². The first-order valence-electron chi connectivity index (χ1n) is 9.54. The summed E-state index contributed by atoms with van der Waals surface area (Å²) in [6, 6.07) is 15.4. The van der Waals surface area contributed by atoms with Crippen molar-refractivity contribution in [3.8, 4) is 17.4 Å². The van der Waals surface area contributed by atoms with Crippen LogP contribution in [0.5, 0.6) is 11.6 Å². The fourth-order valence-corrected chi connectivity index (χ4v) is 4.41. The fraction of sp³-hybridized carbons (Fsp3) is 0.136. The van der Waals surface area contributed by atoms with Crippen LogP contribution >= 0.6 is 0 Å². The van der Waals surface area contributed by atoms with Crippen LogP contribution in [0.25, 0.3) is 5.82 Å². The Morgan fingerprint density at radius 2 is 1.74 bits per heavy atom. The van der Waals surface area contributed by atoms with Crippen LogP contribution < -0.4 is 9.46 Å². The number of hydrogen-bond donors (Lipinski definition) is 1. The van der Waals surface area contributed by atoms with Crippen LogP contribution in [0.15, 0.2) is 71.9 Å². The highest BCUT2D eigenvalue weighted by Gasteiger charge is 2.17. The second-order valence-electron chi connectivity index (χ2n) is 7.06. The lowest BCUT2D eigenvalue weighted by Crippen LogP contribution is -2.14. The van der Waals surface area contributed by atoms with Crippen LogP contribution in [0.2, 0.25) is 0 Å². The van der Waals surface area contributed by atoms with E-state index in [2.05, 4.69) is 19.8 Å². The quantitative estimate of drug-likeness (QED) is 0.488. The summed E-state index contributed by atoms with van der Waals surface area (Å²) < 4.78 is 35.6. The summed E-state index contributed by atoms with van der Waals surface area (Å²) in [4.78, 5) is 8.90. The zero-order chi connectivity index (χ0) is 22.0. The number of nitrogens with one attached hydrogen (secondary N) is 1. The first-order valence-corrected chi connectivity index (χ1v) is 11.0. The summed E-state index contributed by atoms with van der Waals surface area (Å²) in [5, 5.41) is 4.16. The van der Waals surface area contributed by atoms with Crippen molar-refractivity contribution in [2.75, 3.05) is 4.72 Å². The molecule has 0 aliphatic carbocycles. The van der Waals surface area contributed by atoms with Gasteiger partial charge in [-0.05, 0) is 68.3 Å². The molecule has 0 saturated carbocycles. The summed E-state index contributed by atoms with van der Waals surface area (Å²) in [6.45, 7) is 5.40. The Hall–Kier alpha value is -3.72. The molecule has 0 aliphatic heterocycles. The molecule has 2 aromatic heterocycles. The van der Waals surface area contributed by atoms with Crippen LogP contribution in [0.3, 0.4) is 0 Å². The lowest BCUT2D eigenvalue weighted by atomic mass is 10.2. The van der Waals surface area contributed by atoms with E-state index in [0.717, 1.165) is 5.56 Å². The number of rotatable bonds is 6. The van der Waals surface area contributed by atoms with Crippen LogP contribution in [-0.2, 0) is 10.0 Å². The summed E-state index contributed by atoms with van der Waals surface area (Å²) in [6.07, 6.45) is 3.44. The van der Waals surface area contributed by atoms with E-state index < -0.39 is 10.0 Å². The molecule has 8 nitrogen and oxygen atoms in total. The molecule has 158 valence electrons. The van der Waals surface area contributed by atoms with Crippen LogP contribution in [0.1, 0.15) is 17.0 Å². The van der Waals surface area contributed by atoms with E-state index in [0.29, 0.717) is 34.5 Å². The molecule has 9 heteroatoms. The normalized spacial score (nSPS) is 11.3. The number of sulfonamides is 1. The monoisotopic (exact) mass is 435 g/mol. The average Bonchev–Trinajstić information content (AvgIpc) is 3.26.